The number of aromatic nitrogens is 2. The van der Waals surface area contributed by atoms with Gasteiger partial charge in [-0.3, -0.25) is 5.10 Å². The molecular formula is C14H26N4O2S. The largest absolute Gasteiger partial charge is 0.309 e. The third-order valence-corrected chi connectivity index (χ3v) is 5.76. The van der Waals surface area contributed by atoms with Crippen LogP contribution in [0.1, 0.15) is 51.4 Å². The summed E-state index contributed by atoms with van der Waals surface area (Å²) in [4.78, 5) is 0.290. The molecule has 1 aromatic heterocycles. The summed E-state index contributed by atoms with van der Waals surface area (Å²) in [5.74, 6) is 0. The van der Waals surface area contributed by atoms with E-state index in [1.807, 2.05) is 13.8 Å². The van der Waals surface area contributed by atoms with E-state index in [1.165, 1.54) is 6.42 Å². The molecule has 0 amide bonds. The van der Waals surface area contributed by atoms with Crippen LogP contribution >= 0.6 is 0 Å². The number of sulfonamides is 1. The maximum absolute atomic E-state index is 12.6. The fourth-order valence-corrected chi connectivity index (χ4v) is 4.10. The molecule has 0 aliphatic heterocycles. The van der Waals surface area contributed by atoms with Crippen LogP contribution in [0.25, 0.3) is 0 Å². The Kier molecular flexibility index (Phi) is 4.75. The topological polar surface area (TPSA) is 86.9 Å². The van der Waals surface area contributed by atoms with Gasteiger partial charge in [0.15, 0.2) is 0 Å². The summed E-state index contributed by atoms with van der Waals surface area (Å²) in [5.41, 5.74) is 1.25. The molecule has 7 heteroatoms. The summed E-state index contributed by atoms with van der Waals surface area (Å²) < 4.78 is 27.9. The lowest BCUT2D eigenvalue weighted by Crippen LogP contribution is -2.40. The average molecular weight is 314 g/mol. The number of nitrogens with one attached hydrogen (secondary N) is 3. The van der Waals surface area contributed by atoms with Gasteiger partial charge in [0.1, 0.15) is 4.90 Å². The van der Waals surface area contributed by atoms with Gasteiger partial charge in [0.2, 0.25) is 10.0 Å². The third kappa shape index (κ3) is 3.84. The van der Waals surface area contributed by atoms with E-state index in [0.717, 1.165) is 12.8 Å². The zero-order valence-corrected chi connectivity index (χ0v) is 14.1. The minimum atomic E-state index is -3.52. The zero-order valence-electron chi connectivity index (χ0n) is 13.3. The Labute approximate surface area is 127 Å². The predicted molar refractivity (Wildman–Crippen MR) is 82.4 cm³/mol. The summed E-state index contributed by atoms with van der Waals surface area (Å²) >= 11 is 0. The molecule has 0 atom stereocenters. The SMILES string of the molecule is Cc1[nH]nc(CNC(C)C)c1S(=O)(=O)NCC1(C)CCC1. The Bertz CT molecular complexity index is 588. The lowest BCUT2D eigenvalue weighted by Gasteiger charge is -2.38. The summed E-state index contributed by atoms with van der Waals surface area (Å²) in [6.07, 6.45) is 3.36. The molecule has 1 aliphatic rings. The van der Waals surface area contributed by atoms with Crippen LogP contribution in [0.2, 0.25) is 0 Å². The van der Waals surface area contributed by atoms with Crippen molar-refractivity contribution >= 4 is 10.0 Å². The first-order valence-electron chi connectivity index (χ1n) is 7.50. The van der Waals surface area contributed by atoms with Crippen LogP contribution in [-0.4, -0.2) is 31.2 Å². The number of aryl methyl sites for hydroxylation is 1. The van der Waals surface area contributed by atoms with E-state index in [-0.39, 0.29) is 11.5 Å². The number of H-pyrrole nitrogens is 1. The Hall–Kier alpha value is -0.920. The van der Waals surface area contributed by atoms with Crippen molar-refractivity contribution in [1.29, 1.82) is 0 Å². The van der Waals surface area contributed by atoms with Crippen LogP contribution in [0.4, 0.5) is 0 Å². The molecule has 0 saturated heterocycles. The molecule has 0 radical (unpaired) electrons. The van der Waals surface area contributed by atoms with E-state index in [1.54, 1.807) is 6.92 Å². The molecule has 0 unspecified atom stereocenters. The molecule has 21 heavy (non-hydrogen) atoms. The normalized spacial score (nSPS) is 18.0. The molecule has 1 aliphatic carbocycles. The van der Waals surface area contributed by atoms with Gasteiger partial charge in [-0.05, 0) is 25.2 Å². The van der Waals surface area contributed by atoms with Crippen LogP contribution in [-0.2, 0) is 16.6 Å². The molecular weight excluding hydrogens is 288 g/mol. The van der Waals surface area contributed by atoms with Crippen LogP contribution in [0, 0.1) is 12.3 Å². The molecule has 6 nitrogen and oxygen atoms in total. The Balaban J connectivity index is 2.13. The lowest BCUT2D eigenvalue weighted by atomic mass is 9.71. The molecule has 0 aromatic carbocycles. The zero-order chi connectivity index (χ0) is 15.7. The van der Waals surface area contributed by atoms with Crippen molar-refractivity contribution < 1.29 is 8.42 Å². The number of hydrogen-bond donors (Lipinski definition) is 3. The minimum absolute atomic E-state index is 0.112. The summed E-state index contributed by atoms with van der Waals surface area (Å²) in [6, 6.07) is 0.277. The van der Waals surface area contributed by atoms with E-state index in [2.05, 4.69) is 27.2 Å². The van der Waals surface area contributed by atoms with Gasteiger partial charge >= 0.3 is 0 Å². The van der Waals surface area contributed by atoms with Gasteiger partial charge in [-0.1, -0.05) is 27.2 Å². The van der Waals surface area contributed by atoms with Crippen LogP contribution in [0.15, 0.2) is 4.90 Å². The van der Waals surface area contributed by atoms with Crippen molar-refractivity contribution in [3.05, 3.63) is 11.4 Å². The third-order valence-electron chi connectivity index (χ3n) is 4.16. The molecule has 1 saturated carbocycles. The number of nitrogens with zero attached hydrogens (tertiary/aromatic N) is 1. The Morgan fingerprint density at radius 2 is 2.05 bits per heavy atom. The minimum Gasteiger partial charge on any atom is -0.309 e. The summed E-state index contributed by atoms with van der Waals surface area (Å²) in [6.45, 7) is 8.84. The second-order valence-corrected chi connectivity index (χ2v) is 8.35. The van der Waals surface area contributed by atoms with Gasteiger partial charge in [-0.15, -0.1) is 0 Å². The molecule has 1 heterocycles. The van der Waals surface area contributed by atoms with Crippen molar-refractivity contribution in [2.24, 2.45) is 5.41 Å². The van der Waals surface area contributed by atoms with Crippen molar-refractivity contribution in [3.63, 3.8) is 0 Å². The van der Waals surface area contributed by atoms with E-state index >= 15 is 0 Å². The number of aromatic amines is 1. The lowest BCUT2D eigenvalue weighted by molar-refractivity contribution is 0.166. The first kappa shape index (κ1) is 16.5. The molecule has 1 aromatic rings. The standard InChI is InChI=1S/C14H26N4O2S/c1-10(2)15-8-12-13(11(3)17-18-12)21(19,20)16-9-14(4)6-5-7-14/h10,15-16H,5-9H2,1-4H3,(H,17,18). The van der Waals surface area contributed by atoms with Crippen molar-refractivity contribution in [3.8, 4) is 0 Å². The smallest absolute Gasteiger partial charge is 0.244 e. The van der Waals surface area contributed by atoms with Gasteiger partial charge in [0, 0.05) is 19.1 Å². The maximum atomic E-state index is 12.6. The summed E-state index contributed by atoms with van der Waals surface area (Å²) in [5, 5.41) is 10.1. The van der Waals surface area contributed by atoms with Crippen molar-refractivity contribution in [1.82, 2.24) is 20.2 Å². The van der Waals surface area contributed by atoms with E-state index < -0.39 is 10.0 Å². The highest BCUT2D eigenvalue weighted by Crippen LogP contribution is 2.39. The molecule has 0 spiro atoms. The van der Waals surface area contributed by atoms with Gasteiger partial charge in [-0.2, -0.15) is 5.10 Å². The fraction of sp³-hybridized carbons (Fsp3) is 0.786. The second-order valence-electron chi connectivity index (χ2n) is 6.65. The molecule has 2 rings (SSSR count). The van der Waals surface area contributed by atoms with Gasteiger partial charge in [0.25, 0.3) is 0 Å². The van der Waals surface area contributed by atoms with Crippen LogP contribution < -0.4 is 10.0 Å². The Morgan fingerprint density at radius 1 is 1.38 bits per heavy atom. The quantitative estimate of drug-likeness (QED) is 0.715. The Morgan fingerprint density at radius 3 is 2.57 bits per heavy atom. The average Bonchev–Trinajstić information content (AvgIpc) is 2.73. The van der Waals surface area contributed by atoms with Gasteiger partial charge < -0.3 is 5.32 Å². The number of hydrogen-bond acceptors (Lipinski definition) is 4. The molecule has 1 fully saturated rings. The van der Waals surface area contributed by atoms with Crippen LogP contribution in [0.3, 0.4) is 0 Å². The molecule has 3 N–H and O–H groups in total. The molecule has 120 valence electrons. The monoisotopic (exact) mass is 314 g/mol. The van der Waals surface area contributed by atoms with E-state index in [9.17, 15) is 8.42 Å². The fourth-order valence-electron chi connectivity index (χ4n) is 2.55. The summed E-state index contributed by atoms with van der Waals surface area (Å²) in [7, 11) is -3.52. The first-order valence-corrected chi connectivity index (χ1v) is 8.99. The van der Waals surface area contributed by atoms with Gasteiger partial charge in [-0.25, -0.2) is 13.1 Å². The second kappa shape index (κ2) is 6.06. The van der Waals surface area contributed by atoms with Gasteiger partial charge in [0.05, 0.1) is 11.4 Å². The highest BCUT2D eigenvalue weighted by atomic mass is 32.2. The van der Waals surface area contributed by atoms with E-state index in [0.29, 0.717) is 29.4 Å². The van der Waals surface area contributed by atoms with Crippen molar-refractivity contribution in [2.45, 2.75) is 64.4 Å². The first-order chi connectivity index (χ1) is 9.73. The highest BCUT2D eigenvalue weighted by Gasteiger charge is 2.34. The van der Waals surface area contributed by atoms with E-state index in [4.69, 9.17) is 0 Å². The maximum Gasteiger partial charge on any atom is 0.244 e. The van der Waals surface area contributed by atoms with Crippen LogP contribution in [0.5, 0.6) is 0 Å². The van der Waals surface area contributed by atoms with Crippen molar-refractivity contribution in [2.75, 3.05) is 6.54 Å². The highest BCUT2D eigenvalue weighted by molar-refractivity contribution is 7.89. The molecule has 0 bridgehead atoms. The number of rotatable bonds is 7. The predicted octanol–water partition coefficient (Wildman–Crippen LogP) is 1.68.